The number of fused-ring (bicyclic) bond motifs is 1. The van der Waals surface area contributed by atoms with Gasteiger partial charge >= 0.3 is 0 Å². The molecular weight excluding hydrogens is 449 g/mol. The molecule has 0 radical (unpaired) electrons. The first-order valence-electron chi connectivity index (χ1n) is 10.8. The van der Waals surface area contributed by atoms with E-state index in [1.165, 1.54) is 12.1 Å². The third kappa shape index (κ3) is 5.51. The smallest absolute Gasteiger partial charge is 0.240 e. The van der Waals surface area contributed by atoms with Gasteiger partial charge in [0.15, 0.2) is 0 Å². The normalized spacial score (nSPS) is 20.4. The van der Waals surface area contributed by atoms with E-state index in [9.17, 15) is 17.6 Å². The van der Waals surface area contributed by atoms with Gasteiger partial charge in [0, 0.05) is 35.2 Å². The van der Waals surface area contributed by atoms with Gasteiger partial charge in [0.05, 0.1) is 10.6 Å². The van der Waals surface area contributed by atoms with Crippen molar-refractivity contribution in [3.63, 3.8) is 0 Å². The number of sulfonamides is 1. The number of rotatable bonds is 6. The molecular formula is C23H28FN3O3S2. The van der Waals surface area contributed by atoms with E-state index >= 15 is 0 Å². The third-order valence-corrected chi connectivity index (χ3v) is 8.83. The molecule has 172 valence electrons. The van der Waals surface area contributed by atoms with Crippen LogP contribution in [0.1, 0.15) is 25.3 Å². The molecule has 2 aliphatic heterocycles. The van der Waals surface area contributed by atoms with Crippen molar-refractivity contribution < 1.29 is 17.6 Å². The Hall–Kier alpha value is -1.94. The van der Waals surface area contributed by atoms with Gasteiger partial charge in [0.2, 0.25) is 15.9 Å². The maximum Gasteiger partial charge on any atom is 0.240 e. The quantitative estimate of drug-likeness (QED) is 0.663. The molecule has 1 saturated heterocycles. The maximum absolute atomic E-state index is 13.9. The number of nitrogens with zero attached hydrogens (tertiary/aromatic N) is 1. The van der Waals surface area contributed by atoms with Gasteiger partial charge in [-0.3, -0.25) is 9.69 Å². The Morgan fingerprint density at radius 1 is 1.19 bits per heavy atom. The summed E-state index contributed by atoms with van der Waals surface area (Å²) in [6.45, 7) is 4.41. The summed E-state index contributed by atoms with van der Waals surface area (Å²) in [6, 6.07) is 11.7. The van der Waals surface area contributed by atoms with Crippen molar-refractivity contribution in [2.24, 2.45) is 11.8 Å². The van der Waals surface area contributed by atoms with E-state index in [0.717, 1.165) is 30.8 Å². The Bertz CT molecular complexity index is 1090. The fourth-order valence-corrected chi connectivity index (χ4v) is 6.13. The molecule has 1 atom stereocenters. The zero-order chi connectivity index (χ0) is 22.7. The van der Waals surface area contributed by atoms with Crippen LogP contribution in [-0.4, -0.2) is 44.6 Å². The van der Waals surface area contributed by atoms with Crippen LogP contribution in [0.5, 0.6) is 0 Å². The Kier molecular flexibility index (Phi) is 7.19. The minimum Gasteiger partial charge on any atom is -0.325 e. The van der Waals surface area contributed by atoms with E-state index in [-0.39, 0.29) is 28.5 Å². The van der Waals surface area contributed by atoms with Gasteiger partial charge < -0.3 is 5.32 Å². The summed E-state index contributed by atoms with van der Waals surface area (Å²) >= 11 is 1.55. The standard InChI is InChI=1S/C23H28FN3O3S2/c1-16-15-31-22-7-6-19(12-21(22)26-23(16)28)32(29,30)25-13-17-8-10-27(11-9-17)14-18-4-2-3-5-20(18)24/h2-7,12,16-17,25H,8-11,13-15H2,1H3,(H,26,28)/t16-/m1/s1. The van der Waals surface area contributed by atoms with Crippen molar-refractivity contribution in [3.8, 4) is 0 Å². The molecule has 2 aromatic rings. The second-order valence-corrected chi connectivity index (χ2v) is 11.4. The van der Waals surface area contributed by atoms with Gasteiger partial charge in [0.25, 0.3) is 0 Å². The molecule has 0 bridgehead atoms. The number of anilines is 1. The number of piperidine rings is 1. The van der Waals surface area contributed by atoms with Crippen LogP contribution in [-0.2, 0) is 21.4 Å². The van der Waals surface area contributed by atoms with Gasteiger partial charge in [0.1, 0.15) is 5.82 Å². The fourth-order valence-electron chi connectivity index (χ4n) is 3.97. The van der Waals surface area contributed by atoms with Crippen molar-refractivity contribution in [2.75, 3.05) is 30.7 Å². The second-order valence-electron chi connectivity index (χ2n) is 8.52. The molecule has 6 nitrogen and oxygen atoms in total. The molecule has 2 aromatic carbocycles. The van der Waals surface area contributed by atoms with Crippen LogP contribution in [0.25, 0.3) is 0 Å². The molecule has 0 aliphatic carbocycles. The molecule has 32 heavy (non-hydrogen) atoms. The SMILES string of the molecule is C[C@@H]1CSc2ccc(S(=O)(=O)NCC3CCN(Cc4ccccc4F)CC3)cc2NC1=O. The van der Waals surface area contributed by atoms with Crippen LogP contribution in [0, 0.1) is 17.7 Å². The molecule has 0 unspecified atom stereocenters. The van der Waals surface area contributed by atoms with Gasteiger partial charge in [-0.15, -0.1) is 11.8 Å². The van der Waals surface area contributed by atoms with Crippen LogP contribution in [0.4, 0.5) is 10.1 Å². The van der Waals surface area contributed by atoms with Crippen LogP contribution < -0.4 is 10.0 Å². The monoisotopic (exact) mass is 477 g/mol. The van der Waals surface area contributed by atoms with Crippen molar-refractivity contribution in [1.29, 1.82) is 0 Å². The summed E-state index contributed by atoms with van der Waals surface area (Å²) in [5, 5.41) is 2.83. The highest BCUT2D eigenvalue weighted by atomic mass is 32.2. The fraction of sp³-hybridized carbons (Fsp3) is 0.435. The van der Waals surface area contributed by atoms with Gasteiger partial charge in [-0.25, -0.2) is 17.5 Å². The zero-order valence-corrected chi connectivity index (χ0v) is 19.6. The number of nitrogens with one attached hydrogen (secondary N) is 2. The van der Waals surface area contributed by atoms with Crippen LogP contribution in [0.3, 0.4) is 0 Å². The molecule has 4 rings (SSSR count). The molecule has 9 heteroatoms. The van der Waals surface area contributed by atoms with Crippen molar-refractivity contribution >= 4 is 33.4 Å². The van der Waals surface area contributed by atoms with Crippen LogP contribution in [0.15, 0.2) is 52.3 Å². The van der Waals surface area contributed by atoms with Gasteiger partial charge in [-0.1, -0.05) is 25.1 Å². The Morgan fingerprint density at radius 3 is 2.69 bits per heavy atom. The predicted molar refractivity (Wildman–Crippen MR) is 125 cm³/mol. The van der Waals surface area contributed by atoms with Crippen molar-refractivity contribution in [2.45, 2.75) is 36.1 Å². The first-order valence-corrected chi connectivity index (χ1v) is 13.3. The largest absolute Gasteiger partial charge is 0.325 e. The average molecular weight is 478 g/mol. The Balaban J connectivity index is 1.32. The number of carbonyl (C=O) groups excluding carboxylic acids is 1. The number of thioether (sulfide) groups is 1. The minimum absolute atomic E-state index is 0.0964. The first kappa shape index (κ1) is 23.2. The molecule has 0 saturated carbocycles. The number of likely N-dealkylation sites (tertiary alicyclic amines) is 1. The van der Waals surface area contributed by atoms with E-state index in [2.05, 4.69) is 14.9 Å². The van der Waals surface area contributed by atoms with E-state index in [1.807, 2.05) is 13.0 Å². The number of hydrogen-bond acceptors (Lipinski definition) is 5. The lowest BCUT2D eigenvalue weighted by atomic mass is 9.97. The Labute approximate surface area is 193 Å². The molecule has 2 aliphatic rings. The summed E-state index contributed by atoms with van der Waals surface area (Å²) in [6.07, 6.45) is 1.71. The number of halogens is 1. The predicted octanol–water partition coefficient (Wildman–Crippen LogP) is 3.70. The minimum atomic E-state index is -3.68. The Morgan fingerprint density at radius 2 is 1.94 bits per heavy atom. The molecule has 1 fully saturated rings. The summed E-state index contributed by atoms with van der Waals surface area (Å²) in [5.74, 6) is 0.486. The molecule has 2 heterocycles. The van der Waals surface area contributed by atoms with Crippen LogP contribution in [0.2, 0.25) is 0 Å². The van der Waals surface area contributed by atoms with E-state index in [4.69, 9.17) is 0 Å². The number of hydrogen-bond donors (Lipinski definition) is 2. The highest BCUT2D eigenvalue weighted by Crippen LogP contribution is 2.34. The number of amides is 1. The average Bonchev–Trinajstić information content (AvgIpc) is 2.92. The van der Waals surface area contributed by atoms with E-state index in [1.54, 1.807) is 36.0 Å². The molecule has 0 aromatic heterocycles. The topological polar surface area (TPSA) is 78.5 Å². The number of benzene rings is 2. The molecule has 2 N–H and O–H groups in total. The first-order chi connectivity index (χ1) is 15.3. The summed E-state index contributed by atoms with van der Waals surface area (Å²) < 4.78 is 42.3. The zero-order valence-electron chi connectivity index (χ0n) is 18.0. The van der Waals surface area contributed by atoms with Gasteiger partial charge in [-0.2, -0.15) is 0 Å². The summed E-state index contributed by atoms with van der Waals surface area (Å²) in [4.78, 5) is 15.4. The lowest BCUT2D eigenvalue weighted by Crippen LogP contribution is -2.38. The molecule has 0 spiro atoms. The summed E-state index contributed by atoms with van der Waals surface area (Å²) in [7, 11) is -3.68. The lowest BCUT2D eigenvalue weighted by molar-refractivity contribution is -0.118. The molecule has 1 amide bonds. The summed E-state index contributed by atoms with van der Waals surface area (Å²) in [5.41, 5.74) is 1.24. The van der Waals surface area contributed by atoms with Gasteiger partial charge in [-0.05, 0) is 56.1 Å². The highest BCUT2D eigenvalue weighted by molar-refractivity contribution is 7.99. The highest BCUT2D eigenvalue weighted by Gasteiger charge is 2.25. The van der Waals surface area contributed by atoms with E-state index < -0.39 is 10.0 Å². The van der Waals surface area contributed by atoms with E-state index in [0.29, 0.717) is 30.1 Å². The maximum atomic E-state index is 13.9. The second kappa shape index (κ2) is 9.91. The van der Waals surface area contributed by atoms with Crippen molar-refractivity contribution in [1.82, 2.24) is 9.62 Å². The number of carbonyl (C=O) groups is 1. The van der Waals surface area contributed by atoms with Crippen LogP contribution >= 0.6 is 11.8 Å². The lowest BCUT2D eigenvalue weighted by Gasteiger charge is -2.32. The third-order valence-electron chi connectivity index (χ3n) is 6.08. The van der Waals surface area contributed by atoms with Crippen molar-refractivity contribution in [3.05, 3.63) is 53.8 Å².